The van der Waals surface area contributed by atoms with Crippen LogP contribution in [0.5, 0.6) is 17.2 Å². The molecule has 0 spiro atoms. The fourth-order valence-corrected chi connectivity index (χ4v) is 2.56. The molecule has 28 heavy (non-hydrogen) atoms. The van der Waals surface area contributed by atoms with Gasteiger partial charge in [0.25, 0.3) is 0 Å². The summed E-state index contributed by atoms with van der Waals surface area (Å²) in [5, 5.41) is 0. The first kappa shape index (κ1) is 21.2. The SMILES string of the molecule is C=CC(=O)Oc1cccc(OC(=O)c2ccccc2)c1OCCCCCCC. The Labute approximate surface area is 165 Å². The summed E-state index contributed by atoms with van der Waals surface area (Å²) in [4.78, 5) is 24.0. The maximum atomic E-state index is 12.4. The zero-order chi connectivity index (χ0) is 20.2. The standard InChI is InChI=1S/C23H26O5/c1-3-5-6-7-11-17-26-22-19(27-21(24)4-2)15-12-16-20(22)28-23(25)18-13-9-8-10-14-18/h4,8-10,12-16H,2-3,5-7,11,17H2,1H3. The van der Waals surface area contributed by atoms with Crippen molar-refractivity contribution < 1.29 is 23.8 Å². The molecule has 2 rings (SSSR count). The summed E-state index contributed by atoms with van der Waals surface area (Å²) in [6.07, 6.45) is 6.46. The van der Waals surface area contributed by atoms with Gasteiger partial charge in [-0.05, 0) is 30.7 Å². The van der Waals surface area contributed by atoms with E-state index in [9.17, 15) is 9.59 Å². The van der Waals surface area contributed by atoms with Crippen LogP contribution in [-0.4, -0.2) is 18.5 Å². The van der Waals surface area contributed by atoms with Crippen LogP contribution in [0.3, 0.4) is 0 Å². The van der Waals surface area contributed by atoms with Gasteiger partial charge in [-0.1, -0.05) is 63.5 Å². The molecule has 2 aromatic rings. The minimum atomic E-state index is -0.612. The minimum absolute atomic E-state index is 0.191. The van der Waals surface area contributed by atoms with Crippen LogP contribution in [0, 0.1) is 0 Å². The van der Waals surface area contributed by atoms with Crippen LogP contribution in [-0.2, 0) is 4.79 Å². The molecule has 0 radical (unpaired) electrons. The van der Waals surface area contributed by atoms with Crippen molar-refractivity contribution in [1.82, 2.24) is 0 Å². The van der Waals surface area contributed by atoms with Crippen molar-refractivity contribution >= 4 is 11.9 Å². The molecule has 0 heterocycles. The lowest BCUT2D eigenvalue weighted by Gasteiger charge is -2.15. The van der Waals surface area contributed by atoms with Crippen molar-refractivity contribution in [1.29, 1.82) is 0 Å². The molecule has 5 nitrogen and oxygen atoms in total. The highest BCUT2D eigenvalue weighted by Gasteiger charge is 2.18. The van der Waals surface area contributed by atoms with Crippen LogP contribution < -0.4 is 14.2 Å². The summed E-state index contributed by atoms with van der Waals surface area (Å²) >= 11 is 0. The van der Waals surface area contributed by atoms with E-state index in [4.69, 9.17) is 14.2 Å². The second kappa shape index (κ2) is 11.6. The normalized spacial score (nSPS) is 10.2. The molecule has 0 aliphatic heterocycles. The first-order valence-electron chi connectivity index (χ1n) is 9.53. The number of carbonyl (C=O) groups excluding carboxylic acids is 2. The number of hydrogen-bond acceptors (Lipinski definition) is 5. The van der Waals surface area contributed by atoms with Gasteiger partial charge < -0.3 is 14.2 Å². The van der Waals surface area contributed by atoms with Gasteiger partial charge in [-0.25, -0.2) is 9.59 Å². The summed E-state index contributed by atoms with van der Waals surface area (Å²) in [7, 11) is 0. The molecule has 0 aliphatic rings. The topological polar surface area (TPSA) is 61.8 Å². The molecular weight excluding hydrogens is 356 g/mol. The van der Waals surface area contributed by atoms with E-state index in [1.165, 1.54) is 12.8 Å². The Morgan fingerprint density at radius 3 is 2.25 bits per heavy atom. The van der Waals surface area contributed by atoms with Crippen molar-refractivity contribution in [2.75, 3.05) is 6.61 Å². The minimum Gasteiger partial charge on any atom is -0.486 e. The van der Waals surface area contributed by atoms with E-state index in [-0.39, 0.29) is 17.2 Å². The average Bonchev–Trinajstić information content (AvgIpc) is 2.72. The van der Waals surface area contributed by atoms with E-state index in [2.05, 4.69) is 13.5 Å². The predicted octanol–water partition coefficient (Wildman–Crippen LogP) is 5.35. The molecule has 0 N–H and O–H groups in total. The predicted molar refractivity (Wildman–Crippen MR) is 108 cm³/mol. The highest BCUT2D eigenvalue weighted by Crippen LogP contribution is 2.38. The maximum Gasteiger partial charge on any atom is 0.343 e. The zero-order valence-electron chi connectivity index (χ0n) is 16.2. The number of benzene rings is 2. The lowest BCUT2D eigenvalue weighted by Crippen LogP contribution is -2.11. The summed E-state index contributed by atoms with van der Waals surface area (Å²) in [6, 6.07) is 13.5. The third-order valence-corrected chi connectivity index (χ3v) is 4.03. The van der Waals surface area contributed by atoms with Crippen LogP contribution >= 0.6 is 0 Å². The van der Waals surface area contributed by atoms with E-state index in [1.54, 1.807) is 42.5 Å². The fourth-order valence-electron chi connectivity index (χ4n) is 2.56. The lowest BCUT2D eigenvalue weighted by atomic mass is 10.2. The molecule has 0 atom stereocenters. The molecule has 0 bridgehead atoms. The first-order chi connectivity index (χ1) is 13.7. The Morgan fingerprint density at radius 1 is 0.893 bits per heavy atom. The molecule has 2 aromatic carbocycles. The van der Waals surface area contributed by atoms with Gasteiger partial charge >= 0.3 is 11.9 Å². The van der Waals surface area contributed by atoms with Gasteiger partial charge in [0.05, 0.1) is 12.2 Å². The van der Waals surface area contributed by atoms with Crippen LogP contribution in [0.4, 0.5) is 0 Å². The van der Waals surface area contributed by atoms with E-state index in [0.717, 1.165) is 25.3 Å². The van der Waals surface area contributed by atoms with Crippen LogP contribution in [0.25, 0.3) is 0 Å². The second-order valence-electron chi connectivity index (χ2n) is 6.23. The molecule has 0 saturated carbocycles. The first-order valence-corrected chi connectivity index (χ1v) is 9.53. The maximum absolute atomic E-state index is 12.4. The van der Waals surface area contributed by atoms with Crippen molar-refractivity contribution in [2.24, 2.45) is 0 Å². The Hall–Kier alpha value is -3.08. The quantitative estimate of drug-likeness (QED) is 0.227. The van der Waals surface area contributed by atoms with Gasteiger partial charge in [-0.3, -0.25) is 0 Å². The summed E-state index contributed by atoms with van der Waals surface area (Å²) < 4.78 is 16.6. The Balaban J connectivity index is 2.15. The number of para-hydroxylation sites is 1. The monoisotopic (exact) mass is 382 g/mol. The molecule has 0 fully saturated rings. The van der Waals surface area contributed by atoms with Crippen LogP contribution in [0.1, 0.15) is 49.4 Å². The molecule has 0 aromatic heterocycles. The van der Waals surface area contributed by atoms with Crippen molar-refractivity contribution in [3.8, 4) is 17.2 Å². The third-order valence-electron chi connectivity index (χ3n) is 4.03. The number of unbranched alkanes of at least 4 members (excludes halogenated alkanes) is 4. The van der Waals surface area contributed by atoms with E-state index in [1.807, 2.05) is 6.07 Å². The lowest BCUT2D eigenvalue weighted by molar-refractivity contribution is -0.129. The van der Waals surface area contributed by atoms with E-state index in [0.29, 0.717) is 12.2 Å². The number of esters is 2. The highest BCUT2D eigenvalue weighted by atomic mass is 16.6. The molecular formula is C23H26O5. The zero-order valence-corrected chi connectivity index (χ0v) is 16.2. The van der Waals surface area contributed by atoms with Gasteiger partial charge in [0.15, 0.2) is 11.5 Å². The van der Waals surface area contributed by atoms with Crippen molar-refractivity contribution in [3.05, 3.63) is 66.7 Å². The molecule has 0 aliphatic carbocycles. The van der Waals surface area contributed by atoms with E-state index >= 15 is 0 Å². The third kappa shape index (κ3) is 6.58. The second-order valence-corrected chi connectivity index (χ2v) is 6.23. The highest BCUT2D eigenvalue weighted by molar-refractivity contribution is 5.91. The number of ether oxygens (including phenoxy) is 3. The summed E-state index contributed by atoms with van der Waals surface area (Å²) in [5.74, 6) is -0.494. The van der Waals surface area contributed by atoms with Gasteiger partial charge in [0.1, 0.15) is 0 Å². The fraction of sp³-hybridized carbons (Fsp3) is 0.304. The molecule has 0 unspecified atom stereocenters. The smallest absolute Gasteiger partial charge is 0.343 e. The average molecular weight is 382 g/mol. The van der Waals surface area contributed by atoms with Crippen LogP contribution in [0.15, 0.2) is 61.2 Å². The van der Waals surface area contributed by atoms with Gasteiger partial charge in [0.2, 0.25) is 5.75 Å². The van der Waals surface area contributed by atoms with Crippen molar-refractivity contribution in [2.45, 2.75) is 39.0 Å². The molecule has 0 saturated heterocycles. The molecule has 5 heteroatoms. The van der Waals surface area contributed by atoms with Gasteiger partial charge in [-0.2, -0.15) is 0 Å². The Kier molecular flexibility index (Phi) is 8.79. The number of hydrogen-bond donors (Lipinski definition) is 0. The van der Waals surface area contributed by atoms with E-state index < -0.39 is 11.9 Å². The molecule has 0 amide bonds. The molecule has 148 valence electrons. The number of rotatable bonds is 11. The summed E-state index contributed by atoms with van der Waals surface area (Å²) in [5.41, 5.74) is 0.418. The Bertz CT molecular complexity index is 783. The van der Waals surface area contributed by atoms with Gasteiger partial charge in [-0.15, -0.1) is 0 Å². The van der Waals surface area contributed by atoms with Crippen molar-refractivity contribution in [3.63, 3.8) is 0 Å². The van der Waals surface area contributed by atoms with Crippen LogP contribution in [0.2, 0.25) is 0 Å². The summed E-state index contributed by atoms with van der Waals surface area (Å²) in [6.45, 7) is 5.99. The van der Waals surface area contributed by atoms with Gasteiger partial charge in [0, 0.05) is 6.08 Å². The number of carbonyl (C=O) groups is 2. The Morgan fingerprint density at radius 2 is 1.57 bits per heavy atom. The largest absolute Gasteiger partial charge is 0.486 e.